The third-order valence-electron chi connectivity index (χ3n) is 4.78. The number of aromatic nitrogens is 4. The highest BCUT2D eigenvalue weighted by Crippen LogP contribution is 2.63. The van der Waals surface area contributed by atoms with Crippen molar-refractivity contribution in [3.63, 3.8) is 0 Å². The Labute approximate surface area is 200 Å². The average Bonchev–Trinajstić information content (AvgIpc) is 3.16. The van der Waals surface area contributed by atoms with E-state index < -0.39 is 15.0 Å². The van der Waals surface area contributed by atoms with Crippen LogP contribution in [0.2, 0.25) is 0 Å². The monoisotopic (exact) mass is 521 g/mol. The molecule has 34 heavy (non-hydrogen) atoms. The molecule has 0 amide bonds. The number of aryl methyl sites for hydroxylation is 1. The second-order valence-electron chi connectivity index (χ2n) is 7.44. The molecule has 1 unspecified atom stereocenters. The number of nitrogen functional groups attached to an aromatic ring is 1. The van der Waals surface area contributed by atoms with E-state index in [9.17, 15) is 9.13 Å². The topological polar surface area (TPSA) is 150 Å². The van der Waals surface area contributed by atoms with Gasteiger partial charge < -0.3 is 33.3 Å². The fourth-order valence-corrected chi connectivity index (χ4v) is 9.24. The average molecular weight is 521 g/mol. The van der Waals surface area contributed by atoms with Crippen LogP contribution in [-0.4, -0.2) is 71.7 Å². The van der Waals surface area contributed by atoms with Crippen molar-refractivity contribution >= 4 is 32.1 Å². The summed E-state index contributed by atoms with van der Waals surface area (Å²) in [5.74, 6) is 0.223. The number of rotatable bonds is 18. The SMILES string of the molecule is CCOP(=O)(CCCCCn1cnc2c(OCCOC)nc(N)nc21)CP(=O)(OCC)OCC. The Bertz CT molecular complexity index is 978. The fraction of sp³-hybridized carbons (Fsp3) is 0.750. The van der Waals surface area contributed by atoms with Gasteiger partial charge in [0.25, 0.3) is 0 Å². The molecule has 2 aromatic rings. The minimum absolute atomic E-state index is 0.104. The molecule has 0 saturated heterocycles. The third-order valence-corrected chi connectivity index (χ3v) is 10.9. The van der Waals surface area contributed by atoms with Gasteiger partial charge in [0, 0.05) is 19.8 Å². The zero-order valence-corrected chi connectivity index (χ0v) is 22.3. The van der Waals surface area contributed by atoms with Gasteiger partial charge in [-0.15, -0.1) is 0 Å². The highest BCUT2D eigenvalue weighted by atomic mass is 31.2. The number of methoxy groups -OCH3 is 1. The van der Waals surface area contributed by atoms with Crippen LogP contribution in [0.1, 0.15) is 40.0 Å². The number of nitrogens with zero attached hydrogens (tertiary/aromatic N) is 4. The molecule has 0 radical (unpaired) electrons. The smallest absolute Gasteiger partial charge is 0.340 e. The molecule has 2 heterocycles. The molecule has 0 aliphatic carbocycles. The molecule has 2 N–H and O–H groups in total. The number of nitrogens with two attached hydrogens (primary N) is 1. The van der Waals surface area contributed by atoms with Gasteiger partial charge in [0.15, 0.2) is 11.2 Å². The van der Waals surface area contributed by atoms with E-state index in [0.717, 1.165) is 12.8 Å². The second kappa shape index (κ2) is 14.1. The maximum Gasteiger partial charge on any atom is 0.340 e. The predicted molar refractivity (Wildman–Crippen MR) is 131 cm³/mol. The van der Waals surface area contributed by atoms with Gasteiger partial charge in [-0.1, -0.05) is 6.42 Å². The first-order valence-corrected chi connectivity index (χ1v) is 15.2. The van der Waals surface area contributed by atoms with Crippen LogP contribution in [-0.2, 0) is 34.0 Å². The van der Waals surface area contributed by atoms with Gasteiger partial charge in [0.05, 0.1) is 32.8 Å². The Morgan fingerprint density at radius 1 is 0.971 bits per heavy atom. The lowest BCUT2D eigenvalue weighted by Crippen LogP contribution is -2.08. The maximum atomic E-state index is 13.3. The van der Waals surface area contributed by atoms with E-state index >= 15 is 0 Å². The van der Waals surface area contributed by atoms with Gasteiger partial charge in [-0.2, -0.15) is 9.97 Å². The number of unbranched alkanes of at least 4 members (excludes halogenated alkanes) is 2. The standard InChI is InChI=1S/C20H37N5O7P2/c1-5-30-33(26,16-34(27,31-6-2)32-7-3)14-10-8-9-11-25-15-22-17-18(25)23-20(21)24-19(17)29-13-12-28-4/h15H,5-14,16H2,1-4H3,(H2,21,23,24). The predicted octanol–water partition coefficient (Wildman–Crippen LogP) is 4.14. The largest absolute Gasteiger partial charge is 0.474 e. The zero-order chi connectivity index (χ0) is 25.0. The van der Waals surface area contributed by atoms with Gasteiger partial charge in [0.2, 0.25) is 19.2 Å². The van der Waals surface area contributed by atoms with Crippen molar-refractivity contribution in [1.82, 2.24) is 19.5 Å². The Morgan fingerprint density at radius 2 is 1.68 bits per heavy atom. The molecule has 0 aliphatic rings. The first-order valence-electron chi connectivity index (χ1n) is 11.5. The number of imidazole rings is 1. The summed E-state index contributed by atoms with van der Waals surface area (Å²) in [4.78, 5) is 12.8. The quantitative estimate of drug-likeness (QED) is 0.223. The summed E-state index contributed by atoms with van der Waals surface area (Å²) in [6.45, 7) is 7.31. The van der Waals surface area contributed by atoms with Crippen LogP contribution < -0.4 is 10.5 Å². The normalized spacial score (nSPS) is 13.9. The zero-order valence-electron chi connectivity index (χ0n) is 20.5. The van der Waals surface area contributed by atoms with Crippen molar-refractivity contribution < 1.29 is 32.2 Å². The third kappa shape index (κ3) is 8.59. The fourth-order valence-electron chi connectivity index (χ4n) is 3.42. The lowest BCUT2D eigenvalue weighted by Gasteiger charge is -2.23. The van der Waals surface area contributed by atoms with Crippen LogP contribution in [0.3, 0.4) is 0 Å². The van der Waals surface area contributed by atoms with Crippen molar-refractivity contribution in [2.24, 2.45) is 0 Å². The molecular weight excluding hydrogens is 484 g/mol. The Morgan fingerprint density at radius 3 is 2.32 bits per heavy atom. The first-order chi connectivity index (χ1) is 16.3. The maximum absolute atomic E-state index is 13.3. The molecule has 2 rings (SSSR count). The number of ether oxygens (including phenoxy) is 2. The number of anilines is 1. The highest BCUT2D eigenvalue weighted by Gasteiger charge is 2.36. The Hall–Kier alpha value is -1.55. The van der Waals surface area contributed by atoms with Gasteiger partial charge in [0.1, 0.15) is 12.5 Å². The van der Waals surface area contributed by atoms with Gasteiger partial charge in [-0.3, -0.25) is 9.13 Å². The summed E-state index contributed by atoms with van der Waals surface area (Å²) in [6.07, 6.45) is 4.19. The number of fused-ring (bicyclic) bond motifs is 1. The lowest BCUT2D eigenvalue weighted by atomic mass is 10.2. The molecule has 0 aliphatic heterocycles. The van der Waals surface area contributed by atoms with Crippen LogP contribution in [0.15, 0.2) is 6.33 Å². The molecule has 194 valence electrons. The van der Waals surface area contributed by atoms with Gasteiger partial charge >= 0.3 is 7.60 Å². The van der Waals surface area contributed by atoms with E-state index in [1.54, 1.807) is 34.2 Å². The summed E-state index contributed by atoms with van der Waals surface area (Å²) >= 11 is 0. The van der Waals surface area contributed by atoms with E-state index in [4.69, 9.17) is 28.8 Å². The summed E-state index contributed by atoms with van der Waals surface area (Å²) in [5, 5.41) is 0. The van der Waals surface area contributed by atoms with E-state index in [1.807, 2.05) is 4.57 Å². The van der Waals surface area contributed by atoms with Crippen LogP contribution in [0, 0.1) is 0 Å². The number of hydrogen-bond acceptors (Lipinski definition) is 11. The summed E-state index contributed by atoms with van der Waals surface area (Å²) in [6, 6.07) is 0. The van der Waals surface area contributed by atoms with E-state index in [1.165, 1.54) is 0 Å². The summed E-state index contributed by atoms with van der Waals surface area (Å²) < 4.78 is 54.8. The van der Waals surface area contributed by atoms with Gasteiger partial charge in [-0.25, -0.2) is 4.98 Å². The molecule has 0 fully saturated rings. The van der Waals surface area contributed by atoms with Crippen molar-refractivity contribution in [3.8, 4) is 5.88 Å². The van der Waals surface area contributed by atoms with E-state index in [0.29, 0.717) is 49.4 Å². The first kappa shape index (κ1) is 28.7. The van der Waals surface area contributed by atoms with Crippen LogP contribution in [0.25, 0.3) is 11.2 Å². The lowest BCUT2D eigenvalue weighted by molar-refractivity contribution is 0.144. The van der Waals surface area contributed by atoms with Crippen LogP contribution >= 0.6 is 15.0 Å². The minimum atomic E-state index is -3.46. The van der Waals surface area contributed by atoms with Crippen molar-refractivity contribution in [2.75, 3.05) is 57.9 Å². The molecule has 12 nitrogen and oxygen atoms in total. The summed E-state index contributed by atoms with van der Waals surface area (Å²) in [7, 11) is -5.03. The molecule has 0 spiro atoms. The van der Waals surface area contributed by atoms with Crippen molar-refractivity contribution in [1.29, 1.82) is 0 Å². The Kier molecular flexibility index (Phi) is 11.9. The number of hydrogen-bond donors (Lipinski definition) is 1. The van der Waals surface area contributed by atoms with Crippen molar-refractivity contribution in [3.05, 3.63) is 6.33 Å². The van der Waals surface area contributed by atoms with Crippen molar-refractivity contribution in [2.45, 2.75) is 46.6 Å². The van der Waals surface area contributed by atoms with E-state index in [2.05, 4.69) is 15.0 Å². The Balaban J connectivity index is 1.95. The molecule has 0 bridgehead atoms. The molecule has 1 atom stereocenters. The summed E-state index contributed by atoms with van der Waals surface area (Å²) in [5.41, 5.74) is 6.97. The van der Waals surface area contributed by atoms with Crippen LogP contribution in [0.5, 0.6) is 5.88 Å². The van der Waals surface area contributed by atoms with Crippen LogP contribution in [0.4, 0.5) is 5.95 Å². The van der Waals surface area contributed by atoms with Gasteiger partial charge in [-0.05, 0) is 33.6 Å². The minimum Gasteiger partial charge on any atom is -0.474 e. The molecular formula is C20H37N5O7P2. The van der Waals surface area contributed by atoms with E-state index in [-0.39, 0.29) is 31.7 Å². The molecule has 0 saturated carbocycles. The molecule has 0 aromatic carbocycles. The second-order valence-corrected chi connectivity index (χ2v) is 12.6. The highest BCUT2D eigenvalue weighted by molar-refractivity contribution is 7.73. The molecule has 2 aromatic heterocycles. The molecule has 14 heteroatoms.